The third kappa shape index (κ3) is 3.46. The Morgan fingerprint density at radius 1 is 1.19 bits per heavy atom. The number of hydrazone groups is 1. The maximum Gasteiger partial charge on any atom is 0.311 e. The minimum atomic E-state index is -0.536. The van der Waals surface area contributed by atoms with Crippen LogP contribution in [-0.2, 0) is 0 Å². The molecular formula is C17H18N6O3. The van der Waals surface area contributed by atoms with E-state index in [1.165, 1.54) is 10.7 Å². The van der Waals surface area contributed by atoms with Gasteiger partial charge in [-0.15, -0.1) is 5.10 Å². The maximum absolute atomic E-state index is 12.2. The van der Waals surface area contributed by atoms with E-state index in [4.69, 9.17) is 9.47 Å². The molecule has 134 valence electrons. The lowest BCUT2D eigenvalue weighted by molar-refractivity contribution is 0.0945. The molecule has 0 fully saturated rings. The summed E-state index contributed by atoms with van der Waals surface area (Å²) in [5, 5.41) is 8.09. The van der Waals surface area contributed by atoms with Crippen molar-refractivity contribution in [1.29, 1.82) is 0 Å². The van der Waals surface area contributed by atoms with E-state index in [0.717, 1.165) is 11.4 Å². The third-order valence-electron chi connectivity index (χ3n) is 3.63. The molecule has 1 aromatic carbocycles. The summed E-state index contributed by atoms with van der Waals surface area (Å²) < 4.78 is 11.9. The molecule has 3 aromatic rings. The van der Waals surface area contributed by atoms with Crippen LogP contribution < -0.4 is 14.9 Å². The largest absolute Gasteiger partial charge is 0.497 e. The summed E-state index contributed by atoms with van der Waals surface area (Å²) in [7, 11) is 3.12. The summed E-state index contributed by atoms with van der Waals surface area (Å²) in [5.41, 5.74) is 4.70. The minimum Gasteiger partial charge on any atom is -0.497 e. The SMILES string of the molecule is COc1ccc(OC)c(C=NNC(=O)c2nc3nc(C)cc(C)n3n2)c1. The number of fused-ring (bicyclic) bond motifs is 1. The molecule has 3 rings (SSSR count). The lowest BCUT2D eigenvalue weighted by atomic mass is 10.2. The van der Waals surface area contributed by atoms with Gasteiger partial charge in [0.15, 0.2) is 0 Å². The van der Waals surface area contributed by atoms with Crippen molar-refractivity contribution in [3.8, 4) is 11.5 Å². The highest BCUT2D eigenvalue weighted by atomic mass is 16.5. The van der Waals surface area contributed by atoms with Crippen LogP contribution in [0.3, 0.4) is 0 Å². The zero-order valence-electron chi connectivity index (χ0n) is 14.8. The number of aryl methyl sites for hydroxylation is 2. The van der Waals surface area contributed by atoms with Gasteiger partial charge in [-0.1, -0.05) is 0 Å². The van der Waals surface area contributed by atoms with Gasteiger partial charge in [0.25, 0.3) is 5.78 Å². The van der Waals surface area contributed by atoms with Gasteiger partial charge in [0, 0.05) is 17.0 Å². The average Bonchev–Trinajstić information content (AvgIpc) is 3.06. The average molecular weight is 354 g/mol. The number of carbonyl (C=O) groups excluding carboxylic acids is 1. The fourth-order valence-electron chi connectivity index (χ4n) is 2.41. The third-order valence-corrected chi connectivity index (χ3v) is 3.63. The van der Waals surface area contributed by atoms with Crippen molar-refractivity contribution in [2.24, 2.45) is 5.10 Å². The van der Waals surface area contributed by atoms with Crippen LogP contribution >= 0.6 is 0 Å². The van der Waals surface area contributed by atoms with Gasteiger partial charge in [0.05, 0.1) is 20.4 Å². The second kappa shape index (κ2) is 7.18. The lowest BCUT2D eigenvalue weighted by Crippen LogP contribution is -2.19. The van der Waals surface area contributed by atoms with Crippen molar-refractivity contribution in [3.05, 3.63) is 47.0 Å². The summed E-state index contributed by atoms with van der Waals surface area (Å²) in [6.07, 6.45) is 1.46. The van der Waals surface area contributed by atoms with Crippen LogP contribution in [0.1, 0.15) is 27.6 Å². The number of amides is 1. The van der Waals surface area contributed by atoms with E-state index >= 15 is 0 Å². The van der Waals surface area contributed by atoms with Crippen molar-refractivity contribution in [2.45, 2.75) is 13.8 Å². The second-order valence-corrected chi connectivity index (χ2v) is 5.49. The van der Waals surface area contributed by atoms with Crippen molar-refractivity contribution >= 4 is 17.9 Å². The standard InChI is InChI=1S/C17H18N6O3/c1-10-7-11(2)23-17(19-10)20-15(22-23)16(24)21-18-9-12-8-13(25-3)5-6-14(12)26-4/h5-9H,1-4H3,(H,21,24). The Bertz CT molecular complexity index is 996. The summed E-state index contributed by atoms with van der Waals surface area (Å²) in [6, 6.07) is 7.12. The fraction of sp³-hybridized carbons (Fsp3) is 0.235. The summed E-state index contributed by atoms with van der Waals surface area (Å²) in [4.78, 5) is 20.6. The topological polar surface area (TPSA) is 103 Å². The number of carbonyl (C=O) groups is 1. The van der Waals surface area contributed by atoms with Gasteiger partial charge in [-0.25, -0.2) is 14.9 Å². The molecule has 2 heterocycles. The first-order valence-corrected chi connectivity index (χ1v) is 7.78. The molecule has 0 radical (unpaired) electrons. The van der Waals surface area contributed by atoms with Crippen LogP contribution in [0.2, 0.25) is 0 Å². The predicted octanol–water partition coefficient (Wildman–Crippen LogP) is 1.52. The van der Waals surface area contributed by atoms with Crippen molar-refractivity contribution in [2.75, 3.05) is 14.2 Å². The molecule has 0 bridgehead atoms. The zero-order valence-corrected chi connectivity index (χ0v) is 14.8. The molecule has 9 heteroatoms. The van der Waals surface area contributed by atoms with E-state index in [9.17, 15) is 4.79 Å². The quantitative estimate of drug-likeness (QED) is 0.550. The number of hydrogen-bond acceptors (Lipinski definition) is 7. The monoisotopic (exact) mass is 354 g/mol. The fourth-order valence-corrected chi connectivity index (χ4v) is 2.41. The molecule has 26 heavy (non-hydrogen) atoms. The van der Waals surface area contributed by atoms with Crippen LogP contribution in [0.15, 0.2) is 29.4 Å². The summed E-state index contributed by atoms with van der Waals surface area (Å²) in [6.45, 7) is 3.72. The molecule has 0 saturated carbocycles. The Hall–Kier alpha value is -3.49. The first-order valence-electron chi connectivity index (χ1n) is 7.78. The Labute approximate surface area is 149 Å². The Balaban J connectivity index is 1.79. The number of nitrogens with zero attached hydrogens (tertiary/aromatic N) is 5. The molecule has 0 atom stereocenters. The van der Waals surface area contributed by atoms with Crippen LogP contribution in [0.4, 0.5) is 0 Å². The zero-order chi connectivity index (χ0) is 18.7. The van der Waals surface area contributed by atoms with Crippen LogP contribution in [0, 0.1) is 13.8 Å². The Kier molecular flexibility index (Phi) is 4.78. The van der Waals surface area contributed by atoms with Crippen LogP contribution in [-0.4, -0.2) is 45.9 Å². The smallest absolute Gasteiger partial charge is 0.311 e. The van der Waals surface area contributed by atoms with E-state index in [0.29, 0.717) is 22.8 Å². The molecule has 0 saturated heterocycles. The molecule has 1 amide bonds. The van der Waals surface area contributed by atoms with Crippen LogP contribution in [0.25, 0.3) is 5.78 Å². The lowest BCUT2D eigenvalue weighted by Gasteiger charge is -2.06. The molecule has 0 unspecified atom stereocenters. The highest BCUT2D eigenvalue weighted by Crippen LogP contribution is 2.22. The van der Waals surface area contributed by atoms with E-state index in [-0.39, 0.29) is 5.82 Å². The molecule has 0 aliphatic heterocycles. The number of nitrogens with one attached hydrogen (secondary N) is 1. The number of hydrogen-bond donors (Lipinski definition) is 1. The number of aromatic nitrogens is 4. The highest BCUT2D eigenvalue weighted by Gasteiger charge is 2.14. The van der Waals surface area contributed by atoms with Gasteiger partial charge in [-0.3, -0.25) is 4.79 Å². The molecular weight excluding hydrogens is 336 g/mol. The summed E-state index contributed by atoms with van der Waals surface area (Å²) >= 11 is 0. The van der Waals surface area contributed by atoms with Crippen molar-refractivity contribution in [3.63, 3.8) is 0 Å². The summed E-state index contributed by atoms with van der Waals surface area (Å²) in [5.74, 6) is 1.07. The minimum absolute atomic E-state index is 0.0130. The number of rotatable bonds is 5. The molecule has 9 nitrogen and oxygen atoms in total. The van der Waals surface area contributed by atoms with Gasteiger partial charge in [0.2, 0.25) is 5.82 Å². The highest BCUT2D eigenvalue weighted by molar-refractivity contribution is 5.92. The van der Waals surface area contributed by atoms with Crippen molar-refractivity contribution in [1.82, 2.24) is 25.0 Å². The maximum atomic E-state index is 12.2. The number of ether oxygens (including phenoxy) is 2. The first kappa shape index (κ1) is 17.3. The van der Waals surface area contributed by atoms with Crippen molar-refractivity contribution < 1.29 is 14.3 Å². The molecule has 0 aliphatic rings. The predicted molar refractivity (Wildman–Crippen MR) is 94.9 cm³/mol. The number of benzene rings is 1. The van der Waals surface area contributed by atoms with E-state index in [1.54, 1.807) is 32.4 Å². The normalized spacial score (nSPS) is 11.1. The van der Waals surface area contributed by atoms with Gasteiger partial charge >= 0.3 is 5.91 Å². The van der Waals surface area contributed by atoms with Gasteiger partial charge in [-0.05, 0) is 38.1 Å². The molecule has 1 N–H and O–H groups in total. The Morgan fingerprint density at radius 3 is 2.73 bits per heavy atom. The van der Waals surface area contributed by atoms with E-state index in [2.05, 4.69) is 25.6 Å². The first-order chi connectivity index (χ1) is 12.5. The molecule has 2 aromatic heterocycles. The van der Waals surface area contributed by atoms with E-state index in [1.807, 2.05) is 19.9 Å². The second-order valence-electron chi connectivity index (χ2n) is 5.49. The van der Waals surface area contributed by atoms with Gasteiger partial charge in [-0.2, -0.15) is 10.1 Å². The van der Waals surface area contributed by atoms with Gasteiger partial charge < -0.3 is 9.47 Å². The molecule has 0 aliphatic carbocycles. The number of methoxy groups -OCH3 is 2. The van der Waals surface area contributed by atoms with Gasteiger partial charge in [0.1, 0.15) is 11.5 Å². The molecule has 0 spiro atoms. The van der Waals surface area contributed by atoms with Crippen LogP contribution in [0.5, 0.6) is 11.5 Å². The van der Waals surface area contributed by atoms with E-state index < -0.39 is 5.91 Å². The Morgan fingerprint density at radius 2 is 2.00 bits per heavy atom.